The molecule has 1 rings (SSSR count). The van der Waals surface area contributed by atoms with Gasteiger partial charge in [0.2, 0.25) is 5.67 Å². The summed E-state index contributed by atoms with van der Waals surface area (Å²) in [6.07, 6.45) is -4.89. The predicted octanol–water partition coefficient (Wildman–Crippen LogP) is 4.64. The maximum absolute atomic E-state index is 13.6. The second-order valence-corrected chi connectivity index (χ2v) is 5.65. The Kier molecular flexibility index (Phi) is 3.90. The van der Waals surface area contributed by atoms with Crippen LogP contribution in [0.5, 0.6) is 0 Å². The molecule has 0 bridgehead atoms. The van der Waals surface area contributed by atoms with Crippen LogP contribution < -0.4 is 0 Å². The van der Waals surface area contributed by atoms with Crippen LogP contribution in [0.25, 0.3) is 0 Å². The molecule has 0 aliphatic carbocycles. The molecule has 6 heteroatoms. The number of hydrogen-bond donors (Lipinski definition) is 0. The van der Waals surface area contributed by atoms with Gasteiger partial charge in [-0.25, -0.2) is 4.39 Å². The lowest BCUT2D eigenvalue weighted by molar-refractivity contribution is -0.228. The number of halogens is 6. The molecule has 0 radical (unpaired) electrons. The summed E-state index contributed by atoms with van der Waals surface area (Å²) in [5.74, 6) is 0. The second-order valence-electron chi connectivity index (χ2n) is 3.16. The highest BCUT2D eigenvalue weighted by Gasteiger charge is 2.53. The molecule has 0 heterocycles. The molecule has 1 aromatic carbocycles. The molecule has 15 heavy (non-hydrogen) atoms. The van der Waals surface area contributed by atoms with E-state index < -0.39 is 11.8 Å². The monoisotopic (exact) mass is 444 g/mol. The summed E-state index contributed by atoms with van der Waals surface area (Å²) in [6, 6.07) is 4.09. The molecule has 0 N–H and O–H groups in total. The fourth-order valence-electron chi connectivity index (χ4n) is 0.989. The van der Waals surface area contributed by atoms with E-state index in [0.717, 1.165) is 0 Å². The minimum Gasteiger partial charge on any atom is -0.229 e. The van der Waals surface area contributed by atoms with Crippen LogP contribution in [-0.4, -0.2) is 6.18 Å². The SMILES string of the molecule is CC(F)(c1cc(I)cc(I)c1)C(F)(F)F. The van der Waals surface area contributed by atoms with Crippen LogP contribution in [0, 0.1) is 7.14 Å². The molecule has 84 valence electrons. The highest BCUT2D eigenvalue weighted by Crippen LogP contribution is 2.42. The summed E-state index contributed by atoms with van der Waals surface area (Å²) >= 11 is 3.72. The Labute approximate surface area is 112 Å². The van der Waals surface area contributed by atoms with E-state index in [1.165, 1.54) is 12.1 Å². The Morgan fingerprint density at radius 3 is 1.67 bits per heavy atom. The van der Waals surface area contributed by atoms with Crippen molar-refractivity contribution in [2.45, 2.75) is 18.8 Å². The van der Waals surface area contributed by atoms with E-state index in [1.54, 1.807) is 6.07 Å². The summed E-state index contributed by atoms with van der Waals surface area (Å²) in [7, 11) is 0. The van der Waals surface area contributed by atoms with Gasteiger partial charge in [-0.15, -0.1) is 0 Å². The van der Waals surface area contributed by atoms with E-state index in [2.05, 4.69) is 0 Å². The van der Waals surface area contributed by atoms with E-state index in [4.69, 9.17) is 0 Å². The van der Waals surface area contributed by atoms with E-state index >= 15 is 0 Å². The molecule has 0 aromatic heterocycles. The Morgan fingerprint density at radius 1 is 0.933 bits per heavy atom. The Hall–Kier alpha value is 0.400. The summed E-state index contributed by atoms with van der Waals surface area (Å²) in [4.78, 5) is 0. The van der Waals surface area contributed by atoms with Gasteiger partial charge < -0.3 is 0 Å². The van der Waals surface area contributed by atoms with Gasteiger partial charge in [0, 0.05) is 12.7 Å². The van der Waals surface area contributed by atoms with Gasteiger partial charge in [-0.1, -0.05) is 0 Å². The van der Waals surface area contributed by atoms with Gasteiger partial charge in [0.25, 0.3) is 0 Å². The zero-order valence-electron chi connectivity index (χ0n) is 7.50. The van der Waals surface area contributed by atoms with Gasteiger partial charge in [-0.05, 0) is 70.3 Å². The van der Waals surface area contributed by atoms with E-state index in [0.29, 0.717) is 14.1 Å². The minimum atomic E-state index is -4.89. The Bertz CT molecular complexity index is 351. The lowest BCUT2D eigenvalue weighted by Gasteiger charge is -2.24. The largest absolute Gasteiger partial charge is 0.426 e. The van der Waals surface area contributed by atoms with Crippen molar-refractivity contribution in [1.29, 1.82) is 0 Å². The van der Waals surface area contributed by atoms with Gasteiger partial charge in [0.15, 0.2) is 0 Å². The third kappa shape index (κ3) is 2.95. The van der Waals surface area contributed by atoms with Crippen LogP contribution in [0.1, 0.15) is 12.5 Å². The molecule has 0 amide bonds. The van der Waals surface area contributed by atoms with Gasteiger partial charge in [-0.2, -0.15) is 13.2 Å². The van der Waals surface area contributed by atoms with Crippen molar-refractivity contribution >= 4 is 45.2 Å². The summed E-state index contributed by atoms with van der Waals surface area (Å²) in [5.41, 5.74) is -3.65. The Morgan fingerprint density at radius 2 is 1.33 bits per heavy atom. The number of benzene rings is 1. The van der Waals surface area contributed by atoms with Gasteiger partial charge in [0.1, 0.15) is 0 Å². The van der Waals surface area contributed by atoms with Crippen molar-refractivity contribution in [3.8, 4) is 0 Å². The third-order valence-corrected chi connectivity index (χ3v) is 3.18. The summed E-state index contributed by atoms with van der Waals surface area (Å²) < 4.78 is 51.9. The van der Waals surface area contributed by atoms with Gasteiger partial charge >= 0.3 is 6.18 Å². The first-order chi connectivity index (χ1) is 6.64. The smallest absolute Gasteiger partial charge is 0.229 e. The molecule has 0 aliphatic rings. The molecule has 1 aromatic rings. The highest BCUT2D eigenvalue weighted by atomic mass is 127. The summed E-state index contributed by atoms with van der Waals surface area (Å²) in [6.45, 7) is 0.536. The maximum atomic E-state index is 13.6. The molecule has 0 spiro atoms. The van der Waals surface area contributed by atoms with Crippen LogP contribution >= 0.6 is 45.2 Å². The van der Waals surface area contributed by atoms with Crippen molar-refractivity contribution in [3.63, 3.8) is 0 Å². The number of rotatable bonds is 1. The average molecular weight is 444 g/mol. The predicted molar refractivity (Wildman–Crippen MR) is 66.4 cm³/mol. The molecule has 0 fully saturated rings. The molecule has 0 nitrogen and oxygen atoms in total. The second kappa shape index (κ2) is 4.34. The first kappa shape index (κ1) is 13.5. The standard InChI is InChI=1S/C9H6F4I2/c1-8(10,9(11,12)13)5-2-6(14)4-7(15)3-5/h2-4H,1H3. The van der Waals surface area contributed by atoms with Crippen LogP contribution in [0.4, 0.5) is 17.6 Å². The molecule has 1 atom stereocenters. The van der Waals surface area contributed by atoms with Gasteiger partial charge in [0.05, 0.1) is 0 Å². The van der Waals surface area contributed by atoms with Gasteiger partial charge in [-0.3, -0.25) is 0 Å². The van der Waals surface area contributed by atoms with Crippen LogP contribution in [-0.2, 0) is 5.67 Å². The van der Waals surface area contributed by atoms with E-state index in [9.17, 15) is 17.6 Å². The Balaban J connectivity index is 3.27. The maximum Gasteiger partial charge on any atom is 0.426 e. The normalized spacial score (nSPS) is 16.2. The number of alkyl halides is 4. The average Bonchev–Trinajstić information content (AvgIpc) is 1.99. The quantitative estimate of drug-likeness (QED) is 0.438. The number of hydrogen-bond acceptors (Lipinski definition) is 0. The first-order valence-electron chi connectivity index (χ1n) is 3.87. The van der Waals surface area contributed by atoms with Crippen molar-refractivity contribution < 1.29 is 17.6 Å². The minimum absolute atomic E-state index is 0.355. The van der Waals surface area contributed by atoms with Crippen molar-refractivity contribution in [3.05, 3.63) is 30.9 Å². The fraction of sp³-hybridized carbons (Fsp3) is 0.333. The van der Waals surface area contributed by atoms with Crippen molar-refractivity contribution in [1.82, 2.24) is 0 Å². The van der Waals surface area contributed by atoms with Crippen LogP contribution in [0.2, 0.25) is 0 Å². The van der Waals surface area contributed by atoms with E-state index in [1.807, 2.05) is 45.2 Å². The molecule has 0 saturated carbocycles. The topological polar surface area (TPSA) is 0 Å². The zero-order chi connectivity index (χ0) is 11.9. The zero-order valence-corrected chi connectivity index (χ0v) is 11.8. The summed E-state index contributed by atoms with van der Waals surface area (Å²) in [5, 5.41) is 0. The van der Waals surface area contributed by atoms with E-state index in [-0.39, 0.29) is 5.56 Å². The molecule has 1 unspecified atom stereocenters. The van der Waals surface area contributed by atoms with Crippen LogP contribution in [0.15, 0.2) is 18.2 Å². The first-order valence-corrected chi connectivity index (χ1v) is 6.02. The van der Waals surface area contributed by atoms with Crippen molar-refractivity contribution in [2.75, 3.05) is 0 Å². The molecular weight excluding hydrogens is 438 g/mol. The highest BCUT2D eigenvalue weighted by molar-refractivity contribution is 14.1. The van der Waals surface area contributed by atoms with Crippen molar-refractivity contribution in [2.24, 2.45) is 0 Å². The fourth-order valence-corrected chi connectivity index (χ4v) is 2.93. The third-order valence-electron chi connectivity index (χ3n) is 1.94. The molecular formula is C9H6F4I2. The lowest BCUT2D eigenvalue weighted by Crippen LogP contribution is -2.35. The molecule has 0 saturated heterocycles. The molecule has 0 aliphatic heterocycles. The van der Waals surface area contributed by atoms with Crippen LogP contribution in [0.3, 0.4) is 0 Å². The lowest BCUT2D eigenvalue weighted by atomic mass is 9.98.